The first-order valence-electron chi connectivity index (χ1n) is 11.5. The van der Waals surface area contributed by atoms with Crippen molar-refractivity contribution in [2.75, 3.05) is 6.54 Å². The summed E-state index contributed by atoms with van der Waals surface area (Å²) < 4.78 is 4.87. The van der Waals surface area contributed by atoms with Gasteiger partial charge in [0.15, 0.2) is 5.82 Å². The molecule has 1 aromatic heterocycles. The summed E-state index contributed by atoms with van der Waals surface area (Å²) in [4.78, 5) is 32.1. The van der Waals surface area contributed by atoms with E-state index < -0.39 is 12.1 Å². The molecule has 0 saturated carbocycles. The monoisotopic (exact) mass is 475 g/mol. The van der Waals surface area contributed by atoms with Crippen molar-refractivity contribution in [3.05, 3.63) is 83.5 Å². The smallest absolute Gasteiger partial charge is 0.243 e. The minimum absolute atomic E-state index is 0.0168. The van der Waals surface area contributed by atoms with Gasteiger partial charge in [-0.3, -0.25) is 15.0 Å². The lowest BCUT2D eigenvalue weighted by Gasteiger charge is -2.26. The van der Waals surface area contributed by atoms with Crippen LogP contribution in [0.15, 0.2) is 65.5 Å². The highest BCUT2D eigenvalue weighted by Crippen LogP contribution is 2.31. The van der Waals surface area contributed by atoms with Crippen molar-refractivity contribution < 1.29 is 14.1 Å². The normalized spacial score (nSPS) is 18.3. The third kappa shape index (κ3) is 5.90. The fraction of sp³-hybridized carbons (Fsp3) is 0.320. The Morgan fingerprint density at radius 2 is 1.89 bits per heavy atom. The van der Waals surface area contributed by atoms with Crippen LogP contribution in [-0.2, 0) is 22.6 Å². The number of amides is 2. The van der Waals surface area contributed by atoms with Gasteiger partial charge in [0.2, 0.25) is 18.2 Å². The molecular weight excluding hydrogens is 446 g/mol. The Labute approximate surface area is 203 Å². The van der Waals surface area contributed by atoms with Crippen molar-refractivity contribution in [1.82, 2.24) is 20.4 Å². The molecule has 3 atom stereocenters. The Kier molecular flexibility index (Phi) is 7.51. The Hall–Kier alpha value is -4.05. The van der Waals surface area contributed by atoms with E-state index in [4.69, 9.17) is 21.4 Å². The van der Waals surface area contributed by atoms with E-state index in [0.717, 1.165) is 11.1 Å². The summed E-state index contributed by atoms with van der Waals surface area (Å²) in [6.07, 6.45) is 2.77. The van der Waals surface area contributed by atoms with Crippen LogP contribution in [0.4, 0.5) is 0 Å². The molecule has 4 rings (SSSR count). The standard InChI is InChI=1S/C25H29N7O3/c26-20(11-8-16-4-2-1-3-5-16)25(34)32-14-19(23-30-15-35-31-23)12-21(32)24(33)29-13-17-6-9-18(10-7-17)22(27)28/h1-7,9-10,15,19-21H,8,11-14,26H2,(H3,27,28)(H,29,33)/t19-,20-,21+/m1/s1. The van der Waals surface area contributed by atoms with E-state index in [0.29, 0.717) is 37.2 Å². The van der Waals surface area contributed by atoms with E-state index in [2.05, 4.69) is 15.5 Å². The summed E-state index contributed by atoms with van der Waals surface area (Å²) in [6, 6.07) is 15.5. The number of amidine groups is 1. The summed E-state index contributed by atoms with van der Waals surface area (Å²) in [5.74, 6) is -0.301. The lowest BCUT2D eigenvalue weighted by molar-refractivity contribution is -0.139. The zero-order valence-corrected chi connectivity index (χ0v) is 19.3. The van der Waals surface area contributed by atoms with Gasteiger partial charge in [-0.25, -0.2) is 0 Å². The molecule has 35 heavy (non-hydrogen) atoms. The minimum atomic E-state index is -0.728. The van der Waals surface area contributed by atoms with Crippen molar-refractivity contribution in [3.8, 4) is 0 Å². The number of benzene rings is 2. The SMILES string of the molecule is N=C(N)c1ccc(CNC(=O)[C@@H]2C[C@@H](c3ncon3)CN2C(=O)[C@H](N)CCc2ccccc2)cc1. The average Bonchev–Trinajstić information content (AvgIpc) is 3.57. The van der Waals surface area contributed by atoms with Gasteiger partial charge in [0, 0.05) is 24.6 Å². The molecular formula is C25H29N7O3. The molecule has 2 aromatic carbocycles. The maximum Gasteiger partial charge on any atom is 0.243 e. The molecule has 0 radical (unpaired) electrons. The van der Waals surface area contributed by atoms with Gasteiger partial charge in [0.1, 0.15) is 11.9 Å². The molecule has 0 unspecified atom stereocenters. The van der Waals surface area contributed by atoms with Crippen LogP contribution in [0, 0.1) is 5.41 Å². The number of nitrogens with one attached hydrogen (secondary N) is 2. The van der Waals surface area contributed by atoms with Crippen LogP contribution in [0.3, 0.4) is 0 Å². The number of aryl methyl sites for hydroxylation is 1. The second-order valence-electron chi connectivity index (χ2n) is 8.69. The highest BCUT2D eigenvalue weighted by molar-refractivity contribution is 5.95. The van der Waals surface area contributed by atoms with Crippen LogP contribution in [0.5, 0.6) is 0 Å². The van der Waals surface area contributed by atoms with Crippen LogP contribution < -0.4 is 16.8 Å². The molecule has 3 aromatic rings. The van der Waals surface area contributed by atoms with Crippen LogP contribution in [0.1, 0.15) is 41.3 Å². The minimum Gasteiger partial charge on any atom is -0.384 e. The van der Waals surface area contributed by atoms with Crippen LogP contribution in [-0.4, -0.2) is 51.3 Å². The molecule has 6 N–H and O–H groups in total. The highest BCUT2D eigenvalue weighted by atomic mass is 16.5. The third-order valence-electron chi connectivity index (χ3n) is 6.27. The van der Waals surface area contributed by atoms with Crippen molar-refractivity contribution in [3.63, 3.8) is 0 Å². The molecule has 2 heterocycles. The number of rotatable bonds is 9. The number of carbonyl (C=O) groups is 2. The predicted octanol–water partition coefficient (Wildman–Crippen LogP) is 1.31. The van der Waals surface area contributed by atoms with E-state index in [-0.39, 0.29) is 30.1 Å². The Morgan fingerprint density at radius 3 is 2.54 bits per heavy atom. The van der Waals surface area contributed by atoms with E-state index >= 15 is 0 Å². The first-order valence-corrected chi connectivity index (χ1v) is 11.5. The van der Waals surface area contributed by atoms with E-state index in [1.165, 1.54) is 6.39 Å². The summed E-state index contributed by atoms with van der Waals surface area (Å²) in [5.41, 5.74) is 14.3. The summed E-state index contributed by atoms with van der Waals surface area (Å²) in [5, 5.41) is 14.3. The molecule has 1 aliphatic heterocycles. The number of nitrogens with zero attached hydrogens (tertiary/aromatic N) is 3. The summed E-state index contributed by atoms with van der Waals surface area (Å²) in [6.45, 7) is 0.575. The molecule has 1 aliphatic rings. The molecule has 0 aliphatic carbocycles. The Balaban J connectivity index is 1.42. The lowest BCUT2D eigenvalue weighted by atomic mass is 10.0. The van der Waals surface area contributed by atoms with Crippen molar-refractivity contribution in [1.29, 1.82) is 5.41 Å². The van der Waals surface area contributed by atoms with Gasteiger partial charge in [-0.2, -0.15) is 4.98 Å². The topological polar surface area (TPSA) is 164 Å². The lowest BCUT2D eigenvalue weighted by Crippen LogP contribution is -2.51. The fourth-order valence-corrected chi connectivity index (χ4v) is 4.29. The highest BCUT2D eigenvalue weighted by Gasteiger charge is 2.42. The van der Waals surface area contributed by atoms with E-state index in [1.54, 1.807) is 29.2 Å². The number of aromatic nitrogens is 2. The molecule has 0 bridgehead atoms. The van der Waals surface area contributed by atoms with Crippen LogP contribution >= 0.6 is 0 Å². The summed E-state index contributed by atoms with van der Waals surface area (Å²) >= 11 is 0. The second kappa shape index (κ2) is 10.9. The first kappa shape index (κ1) is 24.1. The largest absolute Gasteiger partial charge is 0.384 e. The zero-order chi connectivity index (χ0) is 24.8. The molecule has 0 spiro atoms. The third-order valence-corrected chi connectivity index (χ3v) is 6.27. The summed E-state index contributed by atoms with van der Waals surface area (Å²) in [7, 11) is 0. The number of nitrogen functional groups attached to an aromatic ring is 1. The van der Waals surface area contributed by atoms with Gasteiger partial charge in [-0.05, 0) is 30.4 Å². The molecule has 1 fully saturated rings. The quantitative estimate of drug-likeness (QED) is 0.268. The number of hydrogen-bond acceptors (Lipinski definition) is 7. The van der Waals surface area contributed by atoms with Crippen molar-refractivity contribution in [2.45, 2.75) is 43.8 Å². The van der Waals surface area contributed by atoms with Gasteiger partial charge >= 0.3 is 0 Å². The maximum atomic E-state index is 13.3. The van der Waals surface area contributed by atoms with Crippen LogP contribution in [0.2, 0.25) is 0 Å². The first-order chi connectivity index (χ1) is 16.9. The van der Waals surface area contributed by atoms with Gasteiger partial charge in [0.25, 0.3) is 0 Å². The van der Waals surface area contributed by atoms with Gasteiger partial charge in [0.05, 0.1) is 6.04 Å². The molecule has 182 valence electrons. The molecule has 1 saturated heterocycles. The molecule has 2 amide bonds. The number of likely N-dealkylation sites (tertiary alicyclic amines) is 1. The molecule has 10 nitrogen and oxygen atoms in total. The number of carbonyl (C=O) groups excluding carboxylic acids is 2. The number of hydrogen-bond donors (Lipinski definition) is 4. The number of nitrogens with two attached hydrogens (primary N) is 2. The fourth-order valence-electron chi connectivity index (χ4n) is 4.29. The second-order valence-corrected chi connectivity index (χ2v) is 8.69. The van der Waals surface area contributed by atoms with Gasteiger partial charge in [-0.1, -0.05) is 59.8 Å². The van der Waals surface area contributed by atoms with Gasteiger partial charge in [-0.15, -0.1) is 0 Å². The Morgan fingerprint density at radius 1 is 1.14 bits per heavy atom. The van der Waals surface area contributed by atoms with E-state index in [1.807, 2.05) is 30.3 Å². The van der Waals surface area contributed by atoms with Crippen molar-refractivity contribution >= 4 is 17.6 Å². The van der Waals surface area contributed by atoms with Crippen molar-refractivity contribution in [2.24, 2.45) is 11.5 Å². The van der Waals surface area contributed by atoms with Crippen LogP contribution in [0.25, 0.3) is 0 Å². The maximum absolute atomic E-state index is 13.3. The van der Waals surface area contributed by atoms with E-state index in [9.17, 15) is 9.59 Å². The predicted molar refractivity (Wildman–Crippen MR) is 129 cm³/mol. The zero-order valence-electron chi connectivity index (χ0n) is 19.3. The Bertz CT molecular complexity index is 1150. The average molecular weight is 476 g/mol. The van der Waals surface area contributed by atoms with Gasteiger partial charge < -0.3 is 26.2 Å². The molecule has 10 heteroatoms.